The van der Waals surface area contributed by atoms with Crippen molar-refractivity contribution in [2.24, 2.45) is 28.7 Å². The summed E-state index contributed by atoms with van der Waals surface area (Å²) >= 11 is 0. The maximum Gasteiger partial charge on any atom is 0.326 e. The summed E-state index contributed by atoms with van der Waals surface area (Å²) in [5.74, 6) is -21.2. The van der Waals surface area contributed by atoms with E-state index in [0.717, 1.165) is 32.0 Å². The average molecular weight is 1340 g/mol. The molecule has 94 heavy (non-hydrogen) atoms. The third kappa shape index (κ3) is 25.1. The number of aromatic nitrogens is 4. The molecule has 0 saturated carbocycles. The molecule has 1 saturated heterocycles. The first-order valence-corrected chi connectivity index (χ1v) is 28.6. The predicted octanol–water partition coefficient (Wildman–Crippen LogP) is -12.7. The molecule has 3 heterocycles. The fourth-order valence-electron chi connectivity index (χ4n) is 8.97. The number of aliphatic carboxylic acids is 2. The number of nitrogens with one attached hydrogen (secondary N) is 12. The van der Waals surface area contributed by atoms with Gasteiger partial charge in [-0.25, -0.2) is 14.8 Å². The highest BCUT2D eigenvalue weighted by Crippen LogP contribution is 2.20. The van der Waals surface area contributed by atoms with E-state index < -0.39 is 243 Å². The molecular formula is C52H78N20O22. The number of primary amides is 4. The zero-order valence-electron chi connectivity index (χ0n) is 50.8. The van der Waals surface area contributed by atoms with Crippen LogP contribution in [0.2, 0.25) is 0 Å². The van der Waals surface area contributed by atoms with E-state index >= 15 is 0 Å². The maximum absolute atomic E-state index is 14.1. The van der Waals surface area contributed by atoms with Crippen LogP contribution in [0.5, 0.6) is 0 Å². The van der Waals surface area contributed by atoms with Crippen molar-refractivity contribution in [2.45, 2.75) is 170 Å². The standard InChI is InChI=1S/C52H78N20O22/c1-20(51(92)72-8-4-5-33(72)48(89)71-40(22(3)75)50(91)69-30(13-37(56)79)44(85)63-25(52(93)94)6-7-34(53)76)62-41(82)28(11-35(54)77)66-47(88)32(17-73)70-43(84)27(10-24-16-59-19-61-24)65-46(87)31(14-38(80)81)67-42(83)26(9-23-15-58-18-60-23)64-45(86)29(12-36(55)78)68-49(90)39(57)21(2)74/h15-16,18-22,25-33,39-40,73-75H,4-14,17,57H2,1-3H3,(H2,53,76)(H2,54,77)(H2,55,78)(H2,56,79)(H,58,60)(H,59,61)(H,62,82)(H,63,85)(H,64,86)(H,65,87)(H,66,88)(H,67,83)(H,68,90)(H,69,91)(H,70,84)(H,71,89)(H,80,81)(H,93,94)/t20-,21+,22+,25-,26-,27-,28-,29-,30-,31-,32-,33-,39-,40-/m0/s1. The Hall–Kier alpha value is -10.7. The largest absolute Gasteiger partial charge is 0.481 e. The van der Waals surface area contributed by atoms with Crippen molar-refractivity contribution < 1.29 is 107 Å². The van der Waals surface area contributed by atoms with E-state index in [4.69, 9.17) is 28.7 Å². The Bertz CT molecular complexity index is 3090. The summed E-state index contributed by atoms with van der Waals surface area (Å²) in [6.07, 6.45) is -4.19. The minimum atomic E-state index is -2.09. The lowest BCUT2D eigenvalue weighted by Crippen LogP contribution is -2.62. The lowest BCUT2D eigenvalue weighted by Gasteiger charge is -2.30. The molecule has 0 bridgehead atoms. The first-order valence-electron chi connectivity index (χ1n) is 28.6. The van der Waals surface area contributed by atoms with Crippen molar-refractivity contribution in [3.8, 4) is 0 Å². The quantitative estimate of drug-likeness (QED) is 0.0295. The second-order valence-electron chi connectivity index (χ2n) is 21.6. The molecule has 0 radical (unpaired) electrons. The smallest absolute Gasteiger partial charge is 0.326 e. The molecule has 42 nitrogen and oxygen atoms in total. The van der Waals surface area contributed by atoms with E-state index in [9.17, 15) is 107 Å². The van der Waals surface area contributed by atoms with Crippen LogP contribution in [0.15, 0.2) is 25.0 Å². The van der Waals surface area contributed by atoms with Gasteiger partial charge in [-0.15, -0.1) is 0 Å². The Morgan fingerprint density at radius 2 is 0.915 bits per heavy atom. The van der Waals surface area contributed by atoms with Crippen molar-refractivity contribution in [2.75, 3.05) is 13.2 Å². The van der Waals surface area contributed by atoms with Crippen LogP contribution < -0.4 is 81.8 Å². The average Bonchev–Trinajstić information content (AvgIpc) is 1.55. The van der Waals surface area contributed by atoms with E-state index in [1.807, 2.05) is 5.32 Å². The molecule has 2 aromatic heterocycles. The molecule has 42 heteroatoms. The van der Waals surface area contributed by atoms with Crippen LogP contribution in [0, 0.1) is 0 Å². The van der Waals surface area contributed by atoms with Gasteiger partial charge in [-0.05, 0) is 40.0 Å². The number of carboxylic acids is 2. The summed E-state index contributed by atoms with van der Waals surface area (Å²) in [6, 6.07) is -21.6. The highest BCUT2D eigenvalue weighted by atomic mass is 16.4. The molecule has 1 fully saturated rings. The number of aromatic amines is 2. The van der Waals surface area contributed by atoms with E-state index in [0.29, 0.717) is 0 Å². The Morgan fingerprint density at radius 1 is 0.521 bits per heavy atom. The Kier molecular flexibility index (Phi) is 30.4. The second-order valence-corrected chi connectivity index (χ2v) is 21.6. The second kappa shape index (κ2) is 36.9. The van der Waals surface area contributed by atoms with E-state index in [1.54, 1.807) is 0 Å². The number of carboxylic acid groups (broad SMARTS) is 2. The highest BCUT2D eigenvalue weighted by Gasteiger charge is 2.41. The normalized spacial score (nSPS) is 16.8. The van der Waals surface area contributed by atoms with Gasteiger partial charge in [-0.3, -0.25) is 76.7 Å². The van der Waals surface area contributed by atoms with Gasteiger partial charge in [0, 0.05) is 49.6 Å². The lowest BCUT2D eigenvalue weighted by molar-refractivity contribution is -0.143. The molecule has 518 valence electrons. The molecular weight excluding hydrogens is 1260 g/mol. The van der Waals surface area contributed by atoms with Gasteiger partial charge in [0.05, 0.1) is 57.2 Å². The van der Waals surface area contributed by atoms with Crippen LogP contribution in [-0.4, -0.2) is 249 Å². The zero-order chi connectivity index (χ0) is 70.8. The van der Waals surface area contributed by atoms with Crippen LogP contribution in [0.3, 0.4) is 0 Å². The molecule has 0 aliphatic carbocycles. The summed E-state index contributed by atoms with van der Waals surface area (Å²) in [5.41, 5.74) is 27.0. The van der Waals surface area contributed by atoms with Crippen LogP contribution in [0.1, 0.15) is 83.5 Å². The van der Waals surface area contributed by atoms with Crippen molar-refractivity contribution >= 4 is 101 Å². The first-order chi connectivity index (χ1) is 44.0. The molecule has 0 unspecified atom stereocenters. The van der Waals surface area contributed by atoms with Gasteiger partial charge in [0.25, 0.3) is 0 Å². The zero-order valence-corrected chi connectivity index (χ0v) is 50.8. The number of aliphatic hydroxyl groups is 3. The van der Waals surface area contributed by atoms with Crippen LogP contribution >= 0.6 is 0 Å². The Morgan fingerprint density at radius 3 is 1.31 bits per heavy atom. The fourth-order valence-corrected chi connectivity index (χ4v) is 8.97. The van der Waals surface area contributed by atoms with Crippen molar-refractivity contribution in [3.63, 3.8) is 0 Å². The molecule has 27 N–H and O–H groups in total. The molecule has 3 rings (SSSR count). The topological polar surface area (TPSA) is 702 Å². The molecule has 0 spiro atoms. The van der Waals surface area contributed by atoms with Crippen molar-refractivity contribution in [1.29, 1.82) is 0 Å². The van der Waals surface area contributed by atoms with Gasteiger partial charge in [0.2, 0.25) is 88.6 Å². The van der Waals surface area contributed by atoms with Gasteiger partial charge in [0.1, 0.15) is 72.5 Å². The van der Waals surface area contributed by atoms with E-state index in [1.165, 1.54) is 18.7 Å². The summed E-state index contributed by atoms with van der Waals surface area (Å²) < 4.78 is 0. The number of aliphatic hydroxyl groups excluding tert-OH is 3. The number of imidazole rings is 2. The summed E-state index contributed by atoms with van der Waals surface area (Å²) in [7, 11) is 0. The number of carbonyl (C=O) groups excluding carboxylic acids is 15. The van der Waals surface area contributed by atoms with Gasteiger partial charge in [-0.2, -0.15) is 0 Å². The van der Waals surface area contributed by atoms with Crippen LogP contribution in [-0.2, 0) is 94.3 Å². The van der Waals surface area contributed by atoms with E-state index in [2.05, 4.69) is 67.8 Å². The molecule has 2 aromatic rings. The summed E-state index contributed by atoms with van der Waals surface area (Å²) in [4.78, 5) is 235. The van der Waals surface area contributed by atoms with Gasteiger partial charge in [0.15, 0.2) is 0 Å². The number of hydrogen-bond donors (Lipinski definition) is 22. The highest BCUT2D eigenvalue weighted by molar-refractivity contribution is 6.01. The molecule has 14 atom stereocenters. The van der Waals surface area contributed by atoms with Gasteiger partial charge >= 0.3 is 11.9 Å². The minimum Gasteiger partial charge on any atom is -0.481 e. The van der Waals surface area contributed by atoms with E-state index in [-0.39, 0.29) is 30.8 Å². The molecule has 1 aliphatic heterocycles. The maximum atomic E-state index is 14.1. The number of hydrogen-bond acceptors (Lipinski definition) is 23. The Balaban J connectivity index is 1.81. The summed E-state index contributed by atoms with van der Waals surface area (Å²) in [6.45, 7) is 1.95. The monoisotopic (exact) mass is 1330 g/mol. The number of H-pyrrole nitrogens is 2. The third-order valence-electron chi connectivity index (χ3n) is 13.9. The number of nitrogens with zero attached hydrogens (tertiary/aromatic N) is 3. The van der Waals surface area contributed by atoms with Gasteiger partial charge < -0.3 is 122 Å². The third-order valence-corrected chi connectivity index (χ3v) is 13.9. The Labute approximate surface area is 532 Å². The molecule has 1 aliphatic rings. The van der Waals surface area contributed by atoms with Gasteiger partial charge in [-0.1, -0.05) is 0 Å². The lowest BCUT2D eigenvalue weighted by atomic mass is 10.1. The van der Waals surface area contributed by atoms with Crippen molar-refractivity contribution in [1.82, 2.24) is 78.0 Å². The number of rotatable bonds is 40. The molecule has 0 aromatic carbocycles. The number of likely N-dealkylation sites (tertiary alicyclic amines) is 1. The first kappa shape index (κ1) is 77.5. The SMILES string of the molecule is C[C@H](NC(=O)[C@H](CC(N)=O)NC(=O)[C@H](CO)NC(=O)[C@H](Cc1cnc[nH]1)NC(=O)[C@H](CC(=O)O)NC(=O)[C@H](Cc1cnc[nH]1)NC(=O)[C@H](CC(N)=O)NC(=O)[C@@H](N)[C@@H](C)O)C(=O)N1CCC[C@H]1C(=O)N[C@H](C(=O)N[C@@H](CC(N)=O)C(=O)N[C@@H](CCC(N)=O)C(=O)O)[C@@H](C)O. The van der Waals surface area contributed by atoms with Crippen LogP contribution in [0.25, 0.3) is 0 Å². The minimum absolute atomic E-state index is 0.0629. The van der Waals surface area contributed by atoms with Crippen molar-refractivity contribution in [3.05, 3.63) is 36.4 Å². The number of carbonyl (C=O) groups is 17. The predicted molar refractivity (Wildman–Crippen MR) is 312 cm³/mol. The number of nitrogens with two attached hydrogens (primary N) is 5. The van der Waals surface area contributed by atoms with Crippen LogP contribution in [0.4, 0.5) is 0 Å². The molecule has 15 amide bonds. The number of amides is 15. The fraction of sp³-hybridized carbons (Fsp3) is 0.558. The summed E-state index contributed by atoms with van der Waals surface area (Å²) in [5, 5.41) is 71.9.